The second-order valence-electron chi connectivity index (χ2n) is 5.57. The van der Waals surface area contributed by atoms with Crippen molar-refractivity contribution in [1.82, 2.24) is 4.90 Å². The zero-order valence-corrected chi connectivity index (χ0v) is 14.5. The number of carbonyl (C=O) groups excluding carboxylic acids is 2. The van der Waals surface area contributed by atoms with Crippen molar-refractivity contribution in [3.05, 3.63) is 66.2 Å². The molecule has 5 heteroatoms. The largest absolute Gasteiger partial charge is 0.466 e. The summed E-state index contributed by atoms with van der Waals surface area (Å²) in [4.78, 5) is 25.8. The molecule has 0 heterocycles. The van der Waals surface area contributed by atoms with Gasteiger partial charge in [0.2, 0.25) is 0 Å². The Morgan fingerprint density at radius 2 is 1.60 bits per heavy atom. The molecule has 0 unspecified atom stereocenters. The SMILES string of the molecule is CCOC(=O)CCN(CCc1ccccc1)C(=O)Nc1ccccc1. The van der Waals surface area contributed by atoms with Crippen molar-refractivity contribution in [2.24, 2.45) is 0 Å². The molecule has 132 valence electrons. The fourth-order valence-electron chi connectivity index (χ4n) is 2.41. The molecule has 0 aliphatic heterocycles. The molecule has 0 saturated heterocycles. The van der Waals surface area contributed by atoms with E-state index in [9.17, 15) is 9.59 Å². The van der Waals surface area contributed by atoms with Crippen LogP contribution in [-0.2, 0) is 16.0 Å². The average Bonchev–Trinajstić information content (AvgIpc) is 2.63. The smallest absolute Gasteiger partial charge is 0.321 e. The number of ether oxygens (including phenoxy) is 1. The first-order chi connectivity index (χ1) is 12.2. The first-order valence-corrected chi connectivity index (χ1v) is 8.49. The van der Waals surface area contributed by atoms with E-state index in [1.807, 2.05) is 60.7 Å². The molecule has 0 aliphatic carbocycles. The summed E-state index contributed by atoms with van der Waals surface area (Å²) in [6.07, 6.45) is 0.913. The van der Waals surface area contributed by atoms with Crippen LogP contribution in [0, 0.1) is 0 Å². The van der Waals surface area contributed by atoms with Crippen LogP contribution in [0.15, 0.2) is 60.7 Å². The highest BCUT2D eigenvalue weighted by molar-refractivity contribution is 5.89. The summed E-state index contributed by atoms with van der Waals surface area (Å²) in [5, 5.41) is 2.87. The second kappa shape index (κ2) is 10.1. The summed E-state index contributed by atoms with van der Waals surface area (Å²) in [5.41, 5.74) is 1.88. The van der Waals surface area contributed by atoms with E-state index in [4.69, 9.17) is 4.74 Å². The van der Waals surface area contributed by atoms with Crippen molar-refractivity contribution in [1.29, 1.82) is 0 Å². The zero-order valence-electron chi connectivity index (χ0n) is 14.5. The van der Waals surface area contributed by atoms with Gasteiger partial charge in [0, 0.05) is 18.8 Å². The second-order valence-corrected chi connectivity index (χ2v) is 5.57. The van der Waals surface area contributed by atoms with Crippen molar-refractivity contribution < 1.29 is 14.3 Å². The van der Waals surface area contributed by atoms with Crippen LogP contribution in [0.1, 0.15) is 18.9 Å². The Morgan fingerprint density at radius 3 is 2.24 bits per heavy atom. The third-order valence-corrected chi connectivity index (χ3v) is 3.72. The normalized spacial score (nSPS) is 10.1. The summed E-state index contributed by atoms with van der Waals surface area (Å²) in [5.74, 6) is -0.292. The number of hydrogen-bond donors (Lipinski definition) is 1. The van der Waals surface area contributed by atoms with E-state index in [0.29, 0.717) is 19.7 Å². The van der Waals surface area contributed by atoms with Gasteiger partial charge in [0.1, 0.15) is 0 Å². The maximum absolute atomic E-state index is 12.6. The van der Waals surface area contributed by atoms with Crippen LogP contribution >= 0.6 is 0 Å². The highest BCUT2D eigenvalue weighted by Gasteiger charge is 2.15. The molecule has 0 bridgehead atoms. The summed E-state index contributed by atoms with van der Waals surface area (Å²) in [6, 6.07) is 19.0. The summed E-state index contributed by atoms with van der Waals surface area (Å²) in [7, 11) is 0. The minimum atomic E-state index is -0.292. The molecule has 0 aromatic heterocycles. The van der Waals surface area contributed by atoms with Crippen LogP contribution in [0.4, 0.5) is 10.5 Å². The minimum absolute atomic E-state index is 0.185. The van der Waals surface area contributed by atoms with E-state index in [1.54, 1.807) is 11.8 Å². The van der Waals surface area contributed by atoms with Gasteiger partial charge in [-0.1, -0.05) is 48.5 Å². The van der Waals surface area contributed by atoms with E-state index >= 15 is 0 Å². The van der Waals surface area contributed by atoms with E-state index in [1.165, 1.54) is 0 Å². The van der Waals surface area contributed by atoms with Crippen molar-refractivity contribution in [3.8, 4) is 0 Å². The highest BCUT2D eigenvalue weighted by Crippen LogP contribution is 2.09. The number of amides is 2. The van der Waals surface area contributed by atoms with E-state index < -0.39 is 0 Å². The number of benzene rings is 2. The molecule has 2 aromatic rings. The lowest BCUT2D eigenvalue weighted by Gasteiger charge is -2.23. The Bertz CT molecular complexity index is 659. The number of para-hydroxylation sites is 1. The van der Waals surface area contributed by atoms with E-state index in [-0.39, 0.29) is 18.4 Å². The van der Waals surface area contributed by atoms with Gasteiger partial charge in [0.25, 0.3) is 0 Å². The van der Waals surface area contributed by atoms with Crippen LogP contribution in [0.5, 0.6) is 0 Å². The molecule has 0 saturated carbocycles. The standard InChI is InChI=1S/C20H24N2O3/c1-2-25-19(23)14-16-22(15-13-17-9-5-3-6-10-17)20(24)21-18-11-7-4-8-12-18/h3-12H,2,13-16H2,1H3,(H,21,24). The molecule has 1 N–H and O–H groups in total. The molecule has 0 fully saturated rings. The predicted molar refractivity (Wildman–Crippen MR) is 98.4 cm³/mol. The summed E-state index contributed by atoms with van der Waals surface area (Å²) >= 11 is 0. The van der Waals surface area contributed by atoms with Gasteiger partial charge in [-0.25, -0.2) is 4.79 Å². The molecule has 0 spiro atoms. The van der Waals surface area contributed by atoms with Gasteiger partial charge in [-0.15, -0.1) is 0 Å². The Hall–Kier alpha value is -2.82. The quantitative estimate of drug-likeness (QED) is 0.745. The maximum Gasteiger partial charge on any atom is 0.321 e. The maximum atomic E-state index is 12.6. The minimum Gasteiger partial charge on any atom is -0.466 e. The van der Waals surface area contributed by atoms with Gasteiger partial charge < -0.3 is 15.0 Å². The monoisotopic (exact) mass is 340 g/mol. The predicted octanol–water partition coefficient (Wildman–Crippen LogP) is 3.72. The molecule has 25 heavy (non-hydrogen) atoms. The Balaban J connectivity index is 1.97. The topological polar surface area (TPSA) is 58.6 Å². The Kier molecular flexibility index (Phi) is 7.50. The Labute approximate surface area is 148 Å². The third-order valence-electron chi connectivity index (χ3n) is 3.72. The number of carbonyl (C=O) groups is 2. The highest BCUT2D eigenvalue weighted by atomic mass is 16.5. The molecule has 2 amide bonds. The molecular weight excluding hydrogens is 316 g/mol. The number of nitrogens with one attached hydrogen (secondary N) is 1. The summed E-state index contributed by atoms with van der Waals surface area (Å²) < 4.78 is 4.96. The molecule has 2 aromatic carbocycles. The Morgan fingerprint density at radius 1 is 0.960 bits per heavy atom. The lowest BCUT2D eigenvalue weighted by molar-refractivity contribution is -0.143. The third kappa shape index (κ3) is 6.67. The summed E-state index contributed by atoms with van der Waals surface area (Å²) in [6.45, 7) is 2.97. The number of anilines is 1. The van der Waals surface area contributed by atoms with Gasteiger partial charge in [-0.05, 0) is 31.0 Å². The number of hydrogen-bond acceptors (Lipinski definition) is 3. The molecule has 0 radical (unpaired) electrons. The van der Waals surface area contributed by atoms with Crippen LogP contribution in [-0.4, -0.2) is 36.6 Å². The van der Waals surface area contributed by atoms with Gasteiger partial charge in [-0.3, -0.25) is 4.79 Å². The fourth-order valence-corrected chi connectivity index (χ4v) is 2.41. The first kappa shape index (κ1) is 18.5. The number of rotatable bonds is 8. The van der Waals surface area contributed by atoms with Gasteiger partial charge in [-0.2, -0.15) is 0 Å². The van der Waals surface area contributed by atoms with Crippen LogP contribution in [0.3, 0.4) is 0 Å². The van der Waals surface area contributed by atoms with Crippen molar-refractivity contribution in [3.63, 3.8) is 0 Å². The molecular formula is C20H24N2O3. The van der Waals surface area contributed by atoms with Crippen molar-refractivity contribution >= 4 is 17.7 Å². The number of urea groups is 1. The first-order valence-electron chi connectivity index (χ1n) is 8.49. The van der Waals surface area contributed by atoms with Crippen molar-refractivity contribution in [2.75, 3.05) is 25.0 Å². The van der Waals surface area contributed by atoms with Crippen molar-refractivity contribution in [2.45, 2.75) is 19.8 Å². The van der Waals surface area contributed by atoms with E-state index in [2.05, 4.69) is 5.32 Å². The van der Waals surface area contributed by atoms with Gasteiger partial charge >= 0.3 is 12.0 Å². The lowest BCUT2D eigenvalue weighted by Crippen LogP contribution is -2.38. The molecule has 0 aliphatic rings. The van der Waals surface area contributed by atoms with Crippen LogP contribution < -0.4 is 5.32 Å². The molecule has 2 rings (SSSR count). The number of nitrogens with zero attached hydrogens (tertiary/aromatic N) is 1. The van der Waals surface area contributed by atoms with Gasteiger partial charge in [0.15, 0.2) is 0 Å². The van der Waals surface area contributed by atoms with Crippen LogP contribution in [0.25, 0.3) is 0 Å². The van der Waals surface area contributed by atoms with E-state index in [0.717, 1.165) is 17.7 Å². The fraction of sp³-hybridized carbons (Fsp3) is 0.300. The average molecular weight is 340 g/mol. The van der Waals surface area contributed by atoms with Gasteiger partial charge in [0.05, 0.1) is 13.0 Å². The number of esters is 1. The molecule has 5 nitrogen and oxygen atoms in total. The van der Waals surface area contributed by atoms with Crippen LogP contribution in [0.2, 0.25) is 0 Å². The molecule has 0 atom stereocenters. The lowest BCUT2D eigenvalue weighted by atomic mass is 10.1. The zero-order chi connectivity index (χ0) is 17.9.